The standard InChI is InChI=1S/C11H19ClN4/c1-15-5-2-10(3-6-15)4-7-16-9-13-14-11(16)8-12/h9-10H,2-8H2,1H3. The Balaban J connectivity index is 1.79. The Kier molecular flexibility index (Phi) is 4.18. The fourth-order valence-electron chi connectivity index (χ4n) is 2.24. The molecule has 1 aliphatic rings. The Morgan fingerprint density at radius 3 is 2.88 bits per heavy atom. The summed E-state index contributed by atoms with van der Waals surface area (Å²) in [6.45, 7) is 3.47. The first-order chi connectivity index (χ1) is 7.79. The molecule has 90 valence electrons. The summed E-state index contributed by atoms with van der Waals surface area (Å²) in [6, 6.07) is 0. The molecule has 0 aliphatic carbocycles. The lowest BCUT2D eigenvalue weighted by atomic mass is 9.94. The predicted molar refractivity (Wildman–Crippen MR) is 64.4 cm³/mol. The number of halogens is 1. The number of aryl methyl sites for hydroxylation is 1. The molecule has 2 rings (SSSR count). The lowest BCUT2D eigenvalue weighted by Gasteiger charge is -2.28. The molecule has 0 amide bonds. The monoisotopic (exact) mass is 242 g/mol. The maximum Gasteiger partial charge on any atom is 0.147 e. The summed E-state index contributed by atoms with van der Waals surface area (Å²) in [6.07, 6.45) is 5.63. The first-order valence-corrected chi connectivity index (χ1v) is 6.44. The van der Waals surface area contributed by atoms with E-state index >= 15 is 0 Å². The van der Waals surface area contributed by atoms with Crippen molar-refractivity contribution in [3.8, 4) is 0 Å². The van der Waals surface area contributed by atoms with Gasteiger partial charge in [-0.3, -0.25) is 0 Å². The summed E-state index contributed by atoms with van der Waals surface area (Å²) in [5.74, 6) is 2.18. The third-order valence-electron chi connectivity index (χ3n) is 3.43. The third kappa shape index (κ3) is 2.95. The highest BCUT2D eigenvalue weighted by Crippen LogP contribution is 2.20. The molecule has 0 unspecified atom stereocenters. The van der Waals surface area contributed by atoms with Crippen molar-refractivity contribution in [3.05, 3.63) is 12.2 Å². The number of likely N-dealkylation sites (tertiary alicyclic amines) is 1. The van der Waals surface area contributed by atoms with Gasteiger partial charge in [0, 0.05) is 6.54 Å². The van der Waals surface area contributed by atoms with Crippen LogP contribution in [0.15, 0.2) is 6.33 Å². The van der Waals surface area contributed by atoms with Crippen molar-refractivity contribution >= 4 is 11.6 Å². The van der Waals surface area contributed by atoms with Crippen LogP contribution in [0, 0.1) is 5.92 Å². The van der Waals surface area contributed by atoms with E-state index in [1.807, 2.05) is 0 Å². The number of alkyl halides is 1. The lowest BCUT2D eigenvalue weighted by molar-refractivity contribution is 0.207. The maximum absolute atomic E-state index is 5.78. The van der Waals surface area contributed by atoms with Gasteiger partial charge in [-0.1, -0.05) is 0 Å². The zero-order chi connectivity index (χ0) is 11.4. The van der Waals surface area contributed by atoms with E-state index in [-0.39, 0.29) is 0 Å². The van der Waals surface area contributed by atoms with Crippen LogP contribution in [-0.2, 0) is 12.4 Å². The van der Waals surface area contributed by atoms with Crippen molar-refractivity contribution in [1.29, 1.82) is 0 Å². The molecule has 1 aliphatic heterocycles. The third-order valence-corrected chi connectivity index (χ3v) is 3.67. The first-order valence-electron chi connectivity index (χ1n) is 5.91. The fraction of sp³-hybridized carbons (Fsp3) is 0.818. The van der Waals surface area contributed by atoms with E-state index in [9.17, 15) is 0 Å². The number of aromatic nitrogens is 3. The highest BCUT2D eigenvalue weighted by atomic mass is 35.5. The van der Waals surface area contributed by atoms with Gasteiger partial charge < -0.3 is 9.47 Å². The molecule has 0 spiro atoms. The van der Waals surface area contributed by atoms with Gasteiger partial charge in [-0.25, -0.2) is 0 Å². The highest BCUT2D eigenvalue weighted by molar-refractivity contribution is 6.16. The zero-order valence-corrected chi connectivity index (χ0v) is 10.5. The van der Waals surface area contributed by atoms with Crippen LogP contribution in [0.2, 0.25) is 0 Å². The Morgan fingerprint density at radius 1 is 1.44 bits per heavy atom. The Labute approximate surface area is 102 Å². The van der Waals surface area contributed by atoms with Crippen molar-refractivity contribution in [1.82, 2.24) is 19.7 Å². The minimum atomic E-state index is 0.452. The highest BCUT2D eigenvalue weighted by Gasteiger charge is 2.16. The topological polar surface area (TPSA) is 34.0 Å². The second-order valence-corrected chi connectivity index (χ2v) is 4.88. The van der Waals surface area contributed by atoms with Gasteiger partial charge in [0.25, 0.3) is 0 Å². The van der Waals surface area contributed by atoms with Gasteiger partial charge in [-0.05, 0) is 45.3 Å². The smallest absolute Gasteiger partial charge is 0.147 e. The van der Waals surface area contributed by atoms with E-state index in [2.05, 4.69) is 26.7 Å². The summed E-state index contributed by atoms with van der Waals surface area (Å²) in [4.78, 5) is 2.40. The van der Waals surface area contributed by atoms with Crippen LogP contribution in [0.3, 0.4) is 0 Å². The molecule has 1 saturated heterocycles. The molecule has 0 N–H and O–H groups in total. The summed E-state index contributed by atoms with van der Waals surface area (Å²) in [7, 11) is 2.20. The molecule has 0 bridgehead atoms. The van der Waals surface area contributed by atoms with Crippen LogP contribution in [0.5, 0.6) is 0 Å². The number of piperidine rings is 1. The molecule has 1 aromatic rings. The second kappa shape index (κ2) is 5.64. The predicted octanol–water partition coefficient (Wildman–Crippen LogP) is 1.75. The van der Waals surface area contributed by atoms with Crippen LogP contribution in [-0.4, -0.2) is 39.8 Å². The van der Waals surface area contributed by atoms with E-state index in [1.54, 1.807) is 6.33 Å². The SMILES string of the molecule is CN1CCC(CCn2cnnc2CCl)CC1. The van der Waals surface area contributed by atoms with E-state index < -0.39 is 0 Å². The summed E-state index contributed by atoms with van der Waals surface area (Å²) >= 11 is 5.78. The largest absolute Gasteiger partial charge is 0.317 e. The lowest BCUT2D eigenvalue weighted by Crippen LogP contribution is -2.30. The molecule has 0 saturated carbocycles. The van der Waals surface area contributed by atoms with Gasteiger partial charge in [-0.15, -0.1) is 21.8 Å². The average molecular weight is 243 g/mol. The summed E-state index contributed by atoms with van der Waals surface area (Å²) in [5, 5.41) is 7.87. The Hall–Kier alpha value is -0.610. The zero-order valence-electron chi connectivity index (χ0n) is 9.77. The van der Waals surface area contributed by atoms with Crippen LogP contribution in [0.4, 0.5) is 0 Å². The number of nitrogens with zero attached hydrogens (tertiary/aromatic N) is 4. The molecule has 4 nitrogen and oxygen atoms in total. The summed E-state index contributed by atoms with van der Waals surface area (Å²) in [5.41, 5.74) is 0. The first kappa shape index (κ1) is 11.9. The minimum absolute atomic E-state index is 0.452. The molecule has 2 heterocycles. The quantitative estimate of drug-likeness (QED) is 0.755. The van der Waals surface area contributed by atoms with Crippen LogP contribution in [0.25, 0.3) is 0 Å². The minimum Gasteiger partial charge on any atom is -0.317 e. The molecule has 1 fully saturated rings. The molecule has 5 heteroatoms. The Morgan fingerprint density at radius 2 is 2.19 bits per heavy atom. The number of hydrogen-bond acceptors (Lipinski definition) is 3. The fourth-order valence-corrected chi connectivity index (χ4v) is 2.45. The second-order valence-electron chi connectivity index (χ2n) is 4.61. The van der Waals surface area contributed by atoms with Gasteiger partial charge in [0.1, 0.15) is 12.2 Å². The van der Waals surface area contributed by atoms with Gasteiger partial charge in [0.05, 0.1) is 5.88 Å². The van der Waals surface area contributed by atoms with Gasteiger partial charge >= 0.3 is 0 Å². The molecular weight excluding hydrogens is 224 g/mol. The molecule has 0 radical (unpaired) electrons. The van der Waals surface area contributed by atoms with Gasteiger partial charge in [0.15, 0.2) is 0 Å². The molecule has 1 aromatic heterocycles. The van der Waals surface area contributed by atoms with Crippen LogP contribution < -0.4 is 0 Å². The van der Waals surface area contributed by atoms with E-state index in [0.29, 0.717) is 5.88 Å². The molecular formula is C11H19ClN4. The number of rotatable bonds is 4. The van der Waals surface area contributed by atoms with Crippen molar-refractivity contribution < 1.29 is 0 Å². The Bertz CT molecular complexity index is 318. The molecule has 0 atom stereocenters. The van der Waals surface area contributed by atoms with Gasteiger partial charge in [-0.2, -0.15) is 0 Å². The maximum atomic E-state index is 5.78. The van der Waals surface area contributed by atoms with Crippen molar-refractivity contribution in [2.75, 3.05) is 20.1 Å². The van der Waals surface area contributed by atoms with Crippen LogP contribution in [0.1, 0.15) is 25.1 Å². The van der Waals surface area contributed by atoms with Crippen molar-refractivity contribution in [3.63, 3.8) is 0 Å². The van der Waals surface area contributed by atoms with Crippen LogP contribution >= 0.6 is 11.6 Å². The normalized spacial score (nSPS) is 19.1. The van der Waals surface area contributed by atoms with Crippen molar-refractivity contribution in [2.45, 2.75) is 31.7 Å². The average Bonchev–Trinajstić information content (AvgIpc) is 2.76. The number of hydrogen-bond donors (Lipinski definition) is 0. The van der Waals surface area contributed by atoms with E-state index in [4.69, 9.17) is 11.6 Å². The van der Waals surface area contributed by atoms with Crippen molar-refractivity contribution in [2.24, 2.45) is 5.92 Å². The summed E-state index contributed by atoms with van der Waals surface area (Å²) < 4.78 is 2.07. The van der Waals surface area contributed by atoms with E-state index in [0.717, 1.165) is 18.3 Å². The molecule has 0 aromatic carbocycles. The molecule has 16 heavy (non-hydrogen) atoms. The van der Waals surface area contributed by atoms with E-state index in [1.165, 1.54) is 32.4 Å². The van der Waals surface area contributed by atoms with Gasteiger partial charge in [0.2, 0.25) is 0 Å².